The van der Waals surface area contributed by atoms with Crippen LogP contribution in [-0.2, 0) is 0 Å². The predicted molar refractivity (Wildman–Crippen MR) is 58.7 cm³/mol. The van der Waals surface area contributed by atoms with Crippen LogP contribution in [0.4, 0.5) is 0 Å². The third kappa shape index (κ3) is 1.37. The van der Waals surface area contributed by atoms with Crippen LogP contribution in [0.25, 0.3) is 0 Å². The van der Waals surface area contributed by atoms with Crippen molar-refractivity contribution in [2.45, 2.75) is 58.9 Å². The zero-order valence-corrected chi connectivity index (χ0v) is 9.67. The molecule has 2 heteroatoms. The maximum atomic E-state index is 4.67. The Morgan fingerprint density at radius 3 is 2.36 bits per heavy atom. The fourth-order valence-electron chi connectivity index (χ4n) is 2.25. The highest BCUT2D eigenvalue weighted by molar-refractivity contribution is 5.26. The Bertz CT molecular complexity index is 332. The molecule has 1 heterocycles. The summed E-state index contributed by atoms with van der Waals surface area (Å²) in [5.41, 5.74) is 4.06. The average Bonchev–Trinajstić information content (AvgIpc) is 2.24. The Hall–Kier alpha value is -0.790. The number of hydrogen-bond donors (Lipinski definition) is 0. The van der Waals surface area contributed by atoms with E-state index in [1.165, 1.54) is 36.2 Å². The molecule has 2 rings (SSSR count). The van der Waals surface area contributed by atoms with Gasteiger partial charge in [-0.15, -0.1) is 0 Å². The highest BCUT2D eigenvalue weighted by Crippen LogP contribution is 2.35. The van der Waals surface area contributed by atoms with Gasteiger partial charge in [0.05, 0.1) is 11.7 Å². The lowest BCUT2D eigenvalue weighted by Gasteiger charge is -2.28. The van der Waals surface area contributed by atoms with Crippen LogP contribution >= 0.6 is 0 Å². The first-order chi connectivity index (χ1) is 6.61. The molecule has 0 radical (unpaired) electrons. The molecule has 1 aliphatic rings. The number of aryl methyl sites for hydroxylation is 1. The first-order valence-electron chi connectivity index (χ1n) is 5.67. The molecular formula is C12H20N2. The summed E-state index contributed by atoms with van der Waals surface area (Å²) in [4.78, 5) is 0. The fraction of sp³-hybridized carbons (Fsp3) is 0.750. The number of nitrogens with zero attached hydrogens (tertiary/aromatic N) is 2. The Morgan fingerprint density at radius 2 is 1.93 bits per heavy atom. The maximum Gasteiger partial charge on any atom is 0.0625 e. The minimum absolute atomic E-state index is 0.594. The molecule has 1 aliphatic carbocycles. The molecule has 1 aromatic heterocycles. The van der Waals surface area contributed by atoms with Crippen molar-refractivity contribution in [1.82, 2.24) is 9.78 Å². The van der Waals surface area contributed by atoms with E-state index in [1.807, 2.05) is 0 Å². The summed E-state index contributed by atoms with van der Waals surface area (Å²) < 4.78 is 2.29. The van der Waals surface area contributed by atoms with Crippen LogP contribution in [0.1, 0.15) is 62.0 Å². The summed E-state index contributed by atoms with van der Waals surface area (Å²) >= 11 is 0. The van der Waals surface area contributed by atoms with Gasteiger partial charge in [0.1, 0.15) is 0 Å². The SMILES string of the molecule is Cc1nn(C2CCC2)c(C(C)C)c1C. The molecule has 0 saturated heterocycles. The van der Waals surface area contributed by atoms with Crippen molar-refractivity contribution >= 4 is 0 Å². The monoisotopic (exact) mass is 192 g/mol. The summed E-state index contributed by atoms with van der Waals surface area (Å²) in [6.07, 6.45) is 4.01. The second kappa shape index (κ2) is 3.41. The first kappa shape index (κ1) is 9.75. The van der Waals surface area contributed by atoms with Crippen LogP contribution < -0.4 is 0 Å². The minimum Gasteiger partial charge on any atom is -0.266 e. The predicted octanol–water partition coefficient (Wildman–Crippen LogP) is 3.35. The van der Waals surface area contributed by atoms with Gasteiger partial charge >= 0.3 is 0 Å². The van der Waals surface area contributed by atoms with Gasteiger partial charge in [-0.2, -0.15) is 5.10 Å². The standard InChI is InChI=1S/C12H20N2/c1-8(2)12-9(3)10(4)13-14(12)11-6-5-7-11/h8,11H,5-7H2,1-4H3. The quantitative estimate of drug-likeness (QED) is 0.702. The molecule has 0 amide bonds. The molecule has 78 valence electrons. The molecule has 0 bridgehead atoms. The van der Waals surface area contributed by atoms with Crippen LogP contribution in [0.5, 0.6) is 0 Å². The molecule has 2 nitrogen and oxygen atoms in total. The lowest BCUT2D eigenvalue weighted by atomic mass is 9.92. The van der Waals surface area contributed by atoms with E-state index in [0.717, 1.165) is 0 Å². The average molecular weight is 192 g/mol. The Balaban J connectivity index is 2.42. The van der Waals surface area contributed by atoms with Crippen molar-refractivity contribution in [1.29, 1.82) is 0 Å². The topological polar surface area (TPSA) is 17.8 Å². The summed E-state index contributed by atoms with van der Waals surface area (Å²) in [5.74, 6) is 0.594. The molecule has 1 aromatic rings. The second-order valence-corrected chi connectivity index (χ2v) is 4.78. The van der Waals surface area contributed by atoms with Gasteiger partial charge in [0, 0.05) is 5.69 Å². The highest BCUT2D eigenvalue weighted by atomic mass is 15.3. The molecule has 0 unspecified atom stereocenters. The second-order valence-electron chi connectivity index (χ2n) is 4.78. The van der Waals surface area contributed by atoms with Gasteiger partial charge in [-0.25, -0.2) is 0 Å². The van der Waals surface area contributed by atoms with Gasteiger partial charge in [0.25, 0.3) is 0 Å². The van der Waals surface area contributed by atoms with E-state index in [0.29, 0.717) is 12.0 Å². The fourth-order valence-corrected chi connectivity index (χ4v) is 2.25. The summed E-state index contributed by atoms with van der Waals surface area (Å²) in [6, 6.07) is 0.694. The van der Waals surface area contributed by atoms with Crippen molar-refractivity contribution in [3.05, 3.63) is 17.0 Å². The lowest BCUT2D eigenvalue weighted by Crippen LogP contribution is -2.21. The Morgan fingerprint density at radius 1 is 1.29 bits per heavy atom. The molecule has 0 N–H and O–H groups in total. The van der Waals surface area contributed by atoms with E-state index in [-0.39, 0.29) is 0 Å². The zero-order chi connectivity index (χ0) is 10.3. The van der Waals surface area contributed by atoms with E-state index in [9.17, 15) is 0 Å². The third-order valence-electron chi connectivity index (χ3n) is 3.40. The lowest BCUT2D eigenvalue weighted by molar-refractivity contribution is 0.279. The van der Waals surface area contributed by atoms with Crippen LogP contribution in [0, 0.1) is 13.8 Å². The first-order valence-corrected chi connectivity index (χ1v) is 5.67. The maximum absolute atomic E-state index is 4.67. The van der Waals surface area contributed by atoms with Gasteiger partial charge in [-0.05, 0) is 44.6 Å². The molecule has 14 heavy (non-hydrogen) atoms. The molecule has 1 saturated carbocycles. The molecule has 0 spiro atoms. The van der Waals surface area contributed by atoms with Crippen LogP contribution in [0.15, 0.2) is 0 Å². The van der Waals surface area contributed by atoms with E-state index in [1.54, 1.807) is 0 Å². The number of aromatic nitrogens is 2. The molecule has 0 aromatic carbocycles. The van der Waals surface area contributed by atoms with E-state index in [2.05, 4.69) is 37.5 Å². The molecule has 0 aliphatic heterocycles. The van der Waals surface area contributed by atoms with Crippen molar-refractivity contribution in [2.75, 3.05) is 0 Å². The highest BCUT2D eigenvalue weighted by Gasteiger charge is 2.25. The minimum atomic E-state index is 0.594. The van der Waals surface area contributed by atoms with E-state index >= 15 is 0 Å². The van der Waals surface area contributed by atoms with E-state index < -0.39 is 0 Å². The van der Waals surface area contributed by atoms with Gasteiger partial charge in [-0.3, -0.25) is 4.68 Å². The van der Waals surface area contributed by atoms with Crippen molar-refractivity contribution < 1.29 is 0 Å². The van der Waals surface area contributed by atoms with Crippen LogP contribution in [-0.4, -0.2) is 9.78 Å². The van der Waals surface area contributed by atoms with Crippen LogP contribution in [0.2, 0.25) is 0 Å². The van der Waals surface area contributed by atoms with Crippen molar-refractivity contribution in [3.63, 3.8) is 0 Å². The summed E-state index contributed by atoms with van der Waals surface area (Å²) in [7, 11) is 0. The van der Waals surface area contributed by atoms with Gasteiger partial charge in [0.15, 0.2) is 0 Å². The number of hydrogen-bond acceptors (Lipinski definition) is 1. The molecule has 0 atom stereocenters. The summed E-state index contributed by atoms with van der Waals surface area (Å²) in [5, 5.41) is 4.67. The van der Waals surface area contributed by atoms with Crippen molar-refractivity contribution in [2.24, 2.45) is 0 Å². The zero-order valence-electron chi connectivity index (χ0n) is 9.67. The Labute approximate surface area is 86.3 Å². The van der Waals surface area contributed by atoms with Crippen LogP contribution in [0.3, 0.4) is 0 Å². The smallest absolute Gasteiger partial charge is 0.0625 e. The van der Waals surface area contributed by atoms with Gasteiger partial charge < -0.3 is 0 Å². The third-order valence-corrected chi connectivity index (χ3v) is 3.40. The normalized spacial score (nSPS) is 17.5. The summed E-state index contributed by atoms with van der Waals surface area (Å²) in [6.45, 7) is 8.85. The molecular weight excluding hydrogens is 172 g/mol. The van der Waals surface area contributed by atoms with Gasteiger partial charge in [-0.1, -0.05) is 13.8 Å². The Kier molecular flexibility index (Phi) is 2.38. The van der Waals surface area contributed by atoms with Gasteiger partial charge in [0.2, 0.25) is 0 Å². The largest absolute Gasteiger partial charge is 0.266 e. The number of rotatable bonds is 2. The molecule has 1 fully saturated rings. The van der Waals surface area contributed by atoms with E-state index in [4.69, 9.17) is 0 Å². The van der Waals surface area contributed by atoms with Crippen molar-refractivity contribution in [3.8, 4) is 0 Å².